The molecule has 1 aliphatic rings. The van der Waals surface area contributed by atoms with Crippen molar-refractivity contribution in [1.82, 2.24) is 4.31 Å². The van der Waals surface area contributed by atoms with Gasteiger partial charge in [0.2, 0.25) is 10.0 Å². The van der Waals surface area contributed by atoms with Gasteiger partial charge < -0.3 is 5.32 Å². The lowest BCUT2D eigenvalue weighted by Gasteiger charge is -2.28. The summed E-state index contributed by atoms with van der Waals surface area (Å²) in [6, 6.07) is 21.7. The lowest BCUT2D eigenvalue weighted by Crippen LogP contribution is -2.36. The van der Waals surface area contributed by atoms with E-state index in [1.165, 1.54) is 16.1 Å². The van der Waals surface area contributed by atoms with Crippen LogP contribution in [0.15, 0.2) is 82.6 Å². The molecule has 7 heteroatoms. The summed E-state index contributed by atoms with van der Waals surface area (Å²) in [5.74, 6) is -0.176. The highest BCUT2D eigenvalue weighted by atomic mass is 32.2. The van der Waals surface area contributed by atoms with E-state index in [1.807, 2.05) is 42.7 Å². The average Bonchev–Trinajstić information content (AvgIpc) is 2.79. The topological polar surface area (TPSA) is 66.5 Å². The lowest BCUT2D eigenvalue weighted by atomic mass is 10.0. The van der Waals surface area contributed by atoms with E-state index >= 15 is 0 Å². The zero-order chi connectivity index (χ0) is 21.1. The van der Waals surface area contributed by atoms with Crippen molar-refractivity contribution in [3.05, 3.63) is 89.5 Å². The number of carbonyl (C=O) groups is 1. The van der Waals surface area contributed by atoms with Gasteiger partial charge in [-0.15, -0.1) is 11.8 Å². The molecule has 0 saturated heterocycles. The second kappa shape index (κ2) is 8.63. The summed E-state index contributed by atoms with van der Waals surface area (Å²) < 4.78 is 27.4. The van der Waals surface area contributed by atoms with Gasteiger partial charge in [-0.25, -0.2) is 8.42 Å². The number of benzene rings is 3. The Labute approximate surface area is 181 Å². The van der Waals surface area contributed by atoms with Crippen LogP contribution in [0.2, 0.25) is 0 Å². The molecular formula is C23H22N2O3S2. The van der Waals surface area contributed by atoms with Crippen LogP contribution in [0.1, 0.15) is 21.5 Å². The second-order valence-corrected chi connectivity index (χ2v) is 9.83. The van der Waals surface area contributed by atoms with Crippen molar-refractivity contribution >= 4 is 33.4 Å². The molecule has 30 heavy (non-hydrogen) atoms. The van der Waals surface area contributed by atoms with E-state index in [0.29, 0.717) is 29.1 Å². The van der Waals surface area contributed by atoms with E-state index in [-0.39, 0.29) is 12.5 Å². The number of carbonyl (C=O) groups excluding carboxylic acids is 1. The highest BCUT2D eigenvalue weighted by Crippen LogP contribution is 2.28. The number of nitrogens with one attached hydrogen (secondary N) is 1. The van der Waals surface area contributed by atoms with E-state index in [9.17, 15) is 13.2 Å². The first-order valence-electron chi connectivity index (χ1n) is 9.60. The molecule has 0 unspecified atom stereocenters. The van der Waals surface area contributed by atoms with Crippen molar-refractivity contribution in [2.75, 3.05) is 18.1 Å². The van der Waals surface area contributed by atoms with Crippen molar-refractivity contribution in [2.45, 2.75) is 22.8 Å². The Morgan fingerprint density at radius 2 is 1.70 bits per heavy atom. The van der Waals surface area contributed by atoms with Gasteiger partial charge >= 0.3 is 0 Å². The van der Waals surface area contributed by atoms with Crippen molar-refractivity contribution < 1.29 is 13.2 Å². The smallest absolute Gasteiger partial charge is 0.256 e. The minimum Gasteiger partial charge on any atom is -0.322 e. The van der Waals surface area contributed by atoms with Gasteiger partial charge in [0.05, 0.1) is 10.5 Å². The monoisotopic (exact) mass is 438 g/mol. The number of hydrogen-bond donors (Lipinski definition) is 1. The Balaban J connectivity index is 1.56. The fourth-order valence-corrected chi connectivity index (χ4v) is 5.62. The molecule has 3 aromatic carbocycles. The van der Waals surface area contributed by atoms with Gasteiger partial charge in [0, 0.05) is 23.7 Å². The molecule has 1 amide bonds. The molecule has 1 heterocycles. The van der Waals surface area contributed by atoms with Crippen LogP contribution in [0.4, 0.5) is 5.69 Å². The number of amides is 1. The number of nitrogens with zero attached hydrogens (tertiary/aromatic N) is 1. The molecular weight excluding hydrogens is 416 g/mol. The minimum absolute atomic E-state index is 0.176. The van der Waals surface area contributed by atoms with Crippen LogP contribution in [0.3, 0.4) is 0 Å². The molecule has 4 rings (SSSR count). The predicted molar refractivity (Wildman–Crippen MR) is 120 cm³/mol. The molecule has 0 spiro atoms. The third-order valence-electron chi connectivity index (χ3n) is 5.17. The average molecular weight is 439 g/mol. The number of anilines is 1. The van der Waals surface area contributed by atoms with Gasteiger partial charge in [0.25, 0.3) is 5.91 Å². The maximum Gasteiger partial charge on any atom is 0.256 e. The van der Waals surface area contributed by atoms with Gasteiger partial charge in [0.1, 0.15) is 0 Å². The summed E-state index contributed by atoms with van der Waals surface area (Å²) >= 11 is 1.52. The van der Waals surface area contributed by atoms with Crippen LogP contribution in [0.5, 0.6) is 0 Å². The summed E-state index contributed by atoms with van der Waals surface area (Å²) in [6.45, 7) is 0.731. The van der Waals surface area contributed by atoms with Crippen LogP contribution in [-0.2, 0) is 23.0 Å². The van der Waals surface area contributed by atoms with Gasteiger partial charge in [-0.3, -0.25) is 4.79 Å². The molecule has 5 nitrogen and oxygen atoms in total. The first-order chi connectivity index (χ1) is 14.5. The van der Waals surface area contributed by atoms with Crippen molar-refractivity contribution in [1.29, 1.82) is 0 Å². The van der Waals surface area contributed by atoms with E-state index in [1.54, 1.807) is 36.4 Å². The van der Waals surface area contributed by atoms with E-state index < -0.39 is 10.0 Å². The van der Waals surface area contributed by atoms with E-state index in [2.05, 4.69) is 5.32 Å². The van der Waals surface area contributed by atoms with Crippen LogP contribution < -0.4 is 5.32 Å². The standard InChI is InChI=1S/C23H22N2O3S2/c1-29-22-10-6-5-9-21(22)23(26)24-19-12-11-17-13-14-25(16-18(17)15-19)30(27,28)20-7-3-2-4-8-20/h2-12,15H,13-14,16H2,1H3,(H,24,26). The Kier molecular flexibility index (Phi) is 5.94. The first-order valence-corrected chi connectivity index (χ1v) is 12.3. The molecule has 0 aromatic heterocycles. The van der Waals surface area contributed by atoms with E-state index in [0.717, 1.165) is 16.0 Å². The predicted octanol–water partition coefficient (Wildman–Crippen LogP) is 4.41. The highest BCUT2D eigenvalue weighted by molar-refractivity contribution is 7.98. The fourth-order valence-electron chi connectivity index (χ4n) is 3.59. The van der Waals surface area contributed by atoms with Crippen molar-refractivity contribution in [3.8, 4) is 0 Å². The normalized spacial score (nSPS) is 14.2. The maximum absolute atomic E-state index is 13.0. The van der Waals surface area contributed by atoms with Crippen LogP contribution in [-0.4, -0.2) is 31.4 Å². The Bertz CT molecular complexity index is 1180. The third kappa shape index (κ3) is 4.14. The Morgan fingerprint density at radius 1 is 0.967 bits per heavy atom. The zero-order valence-electron chi connectivity index (χ0n) is 16.5. The SMILES string of the molecule is CSc1ccccc1C(=O)Nc1ccc2c(c1)CN(S(=O)(=O)c1ccccc1)CC2. The Hall–Kier alpha value is -2.61. The molecule has 1 N–H and O–H groups in total. The summed E-state index contributed by atoms with van der Waals surface area (Å²) in [5.41, 5.74) is 3.30. The number of sulfonamides is 1. The van der Waals surface area contributed by atoms with Crippen LogP contribution in [0.25, 0.3) is 0 Å². The molecule has 154 valence electrons. The molecule has 0 bridgehead atoms. The number of rotatable bonds is 5. The zero-order valence-corrected chi connectivity index (χ0v) is 18.2. The molecule has 0 fully saturated rings. The summed E-state index contributed by atoms with van der Waals surface area (Å²) in [7, 11) is -3.55. The first kappa shape index (κ1) is 20.7. The minimum atomic E-state index is -3.55. The highest BCUT2D eigenvalue weighted by Gasteiger charge is 2.28. The van der Waals surface area contributed by atoms with Gasteiger partial charge in [-0.1, -0.05) is 36.4 Å². The quantitative estimate of drug-likeness (QED) is 0.600. The second-order valence-electron chi connectivity index (χ2n) is 7.04. The largest absolute Gasteiger partial charge is 0.322 e. The molecule has 0 saturated carbocycles. The summed E-state index contributed by atoms with van der Waals surface area (Å²) in [5, 5.41) is 2.95. The summed E-state index contributed by atoms with van der Waals surface area (Å²) in [6.07, 6.45) is 2.58. The lowest BCUT2D eigenvalue weighted by molar-refractivity contribution is 0.102. The summed E-state index contributed by atoms with van der Waals surface area (Å²) in [4.78, 5) is 13.9. The number of hydrogen-bond acceptors (Lipinski definition) is 4. The van der Waals surface area contributed by atoms with Crippen LogP contribution >= 0.6 is 11.8 Å². The van der Waals surface area contributed by atoms with Crippen molar-refractivity contribution in [2.24, 2.45) is 0 Å². The van der Waals surface area contributed by atoms with Crippen molar-refractivity contribution in [3.63, 3.8) is 0 Å². The number of fused-ring (bicyclic) bond motifs is 1. The van der Waals surface area contributed by atoms with Gasteiger partial charge in [0.15, 0.2) is 0 Å². The molecule has 1 aliphatic heterocycles. The molecule has 0 radical (unpaired) electrons. The van der Waals surface area contributed by atoms with E-state index in [4.69, 9.17) is 0 Å². The Morgan fingerprint density at radius 3 is 2.47 bits per heavy atom. The molecule has 0 aliphatic carbocycles. The molecule has 3 aromatic rings. The molecule has 0 atom stereocenters. The fraction of sp³-hybridized carbons (Fsp3) is 0.174. The number of thioether (sulfide) groups is 1. The van der Waals surface area contributed by atoms with Crippen LogP contribution in [0, 0.1) is 0 Å². The van der Waals surface area contributed by atoms with Gasteiger partial charge in [-0.05, 0) is 60.2 Å². The third-order valence-corrected chi connectivity index (χ3v) is 7.83. The van der Waals surface area contributed by atoms with Gasteiger partial charge in [-0.2, -0.15) is 4.31 Å². The maximum atomic E-state index is 13.0.